The van der Waals surface area contributed by atoms with Gasteiger partial charge in [0.15, 0.2) is 0 Å². The highest BCUT2D eigenvalue weighted by Gasteiger charge is 2.12. The first-order valence-electron chi connectivity index (χ1n) is 7.67. The monoisotopic (exact) mass is 310 g/mol. The minimum Gasteiger partial charge on any atom is -0.350 e. The van der Waals surface area contributed by atoms with E-state index in [-0.39, 0.29) is 17.9 Å². The fourth-order valence-corrected chi connectivity index (χ4v) is 2.23. The molecule has 4 nitrogen and oxygen atoms in total. The first-order chi connectivity index (χ1) is 10.9. The van der Waals surface area contributed by atoms with Crippen molar-refractivity contribution in [2.75, 3.05) is 5.32 Å². The second-order valence-electron chi connectivity index (χ2n) is 5.91. The lowest BCUT2D eigenvalue weighted by molar-refractivity contribution is 0.0943. The molecule has 0 aliphatic carbocycles. The zero-order valence-corrected chi connectivity index (χ0v) is 13.9. The minimum atomic E-state index is -0.224. The van der Waals surface area contributed by atoms with Crippen molar-refractivity contribution in [3.63, 3.8) is 0 Å². The lowest BCUT2D eigenvalue weighted by Gasteiger charge is -2.12. The van der Waals surface area contributed by atoms with Gasteiger partial charge in [0.25, 0.3) is 11.8 Å². The molecule has 0 fully saturated rings. The fourth-order valence-electron chi connectivity index (χ4n) is 2.23. The minimum absolute atomic E-state index is 0.0509. The van der Waals surface area contributed by atoms with Crippen LogP contribution in [0.3, 0.4) is 0 Å². The van der Waals surface area contributed by atoms with E-state index in [9.17, 15) is 9.59 Å². The molecule has 0 saturated carbocycles. The lowest BCUT2D eigenvalue weighted by Crippen LogP contribution is -2.30. The van der Waals surface area contributed by atoms with Gasteiger partial charge in [0, 0.05) is 22.9 Å². The summed E-state index contributed by atoms with van der Waals surface area (Å²) < 4.78 is 0. The highest BCUT2D eigenvalue weighted by Crippen LogP contribution is 2.19. The molecule has 0 bridgehead atoms. The Balaban J connectivity index is 2.20. The highest BCUT2D eigenvalue weighted by molar-refractivity contribution is 6.06. The van der Waals surface area contributed by atoms with Gasteiger partial charge in [-0.2, -0.15) is 0 Å². The molecular weight excluding hydrogens is 288 g/mol. The van der Waals surface area contributed by atoms with E-state index < -0.39 is 0 Å². The van der Waals surface area contributed by atoms with Crippen LogP contribution in [0.1, 0.15) is 45.7 Å². The molecule has 2 aromatic rings. The molecule has 4 heteroatoms. The van der Waals surface area contributed by atoms with Crippen LogP contribution in [0.2, 0.25) is 0 Å². The van der Waals surface area contributed by atoms with Gasteiger partial charge in [-0.1, -0.05) is 18.2 Å². The van der Waals surface area contributed by atoms with Gasteiger partial charge < -0.3 is 10.6 Å². The van der Waals surface area contributed by atoms with Crippen LogP contribution in [0.5, 0.6) is 0 Å². The average molecular weight is 310 g/mol. The van der Waals surface area contributed by atoms with Crippen LogP contribution >= 0.6 is 0 Å². The van der Waals surface area contributed by atoms with E-state index in [0.717, 1.165) is 16.8 Å². The van der Waals surface area contributed by atoms with Gasteiger partial charge in [-0.05, 0) is 63.1 Å². The van der Waals surface area contributed by atoms with Crippen LogP contribution in [0.25, 0.3) is 0 Å². The van der Waals surface area contributed by atoms with Crippen LogP contribution < -0.4 is 10.6 Å². The number of amides is 2. The Morgan fingerprint density at radius 3 is 2.17 bits per heavy atom. The van der Waals surface area contributed by atoms with E-state index in [1.165, 1.54) is 0 Å². The maximum absolute atomic E-state index is 12.4. The third kappa shape index (κ3) is 4.19. The van der Waals surface area contributed by atoms with Crippen molar-refractivity contribution >= 4 is 17.5 Å². The number of nitrogens with one attached hydrogen (secondary N) is 2. The molecule has 0 heterocycles. The van der Waals surface area contributed by atoms with Crippen LogP contribution in [-0.2, 0) is 0 Å². The number of hydrogen-bond donors (Lipinski definition) is 2. The molecule has 2 amide bonds. The Morgan fingerprint density at radius 2 is 1.52 bits per heavy atom. The van der Waals surface area contributed by atoms with Crippen molar-refractivity contribution in [1.29, 1.82) is 0 Å². The third-order valence-electron chi connectivity index (χ3n) is 3.66. The molecule has 0 aromatic heterocycles. The zero-order chi connectivity index (χ0) is 17.0. The number of benzene rings is 2. The first-order valence-corrected chi connectivity index (χ1v) is 7.67. The standard InChI is InChI=1S/C19H22N2O2/c1-12(2)20-18(22)15-8-6-9-16(11-15)19(23)21-17-10-5-7-13(3)14(17)4/h5-12H,1-4H3,(H,20,22)(H,21,23). The maximum Gasteiger partial charge on any atom is 0.255 e. The summed E-state index contributed by atoms with van der Waals surface area (Å²) in [6, 6.07) is 12.6. The molecule has 2 aromatic carbocycles. The van der Waals surface area contributed by atoms with Gasteiger partial charge >= 0.3 is 0 Å². The summed E-state index contributed by atoms with van der Waals surface area (Å²) in [5.41, 5.74) is 3.88. The van der Waals surface area contributed by atoms with Crippen molar-refractivity contribution < 1.29 is 9.59 Å². The Bertz CT molecular complexity index is 736. The van der Waals surface area contributed by atoms with E-state index >= 15 is 0 Å². The maximum atomic E-state index is 12.4. The Hall–Kier alpha value is -2.62. The molecule has 0 atom stereocenters. The van der Waals surface area contributed by atoms with Gasteiger partial charge in [0.05, 0.1) is 0 Å². The predicted molar refractivity (Wildman–Crippen MR) is 92.9 cm³/mol. The van der Waals surface area contributed by atoms with Crippen molar-refractivity contribution in [3.8, 4) is 0 Å². The van der Waals surface area contributed by atoms with Gasteiger partial charge in [0.1, 0.15) is 0 Å². The number of aryl methyl sites for hydroxylation is 1. The second kappa shape index (κ2) is 7.09. The van der Waals surface area contributed by atoms with Gasteiger partial charge in [-0.3, -0.25) is 9.59 Å². The van der Waals surface area contributed by atoms with E-state index in [4.69, 9.17) is 0 Å². The molecule has 0 saturated heterocycles. The van der Waals surface area contributed by atoms with Gasteiger partial charge in [0.2, 0.25) is 0 Å². The highest BCUT2D eigenvalue weighted by atomic mass is 16.2. The topological polar surface area (TPSA) is 58.2 Å². The molecule has 23 heavy (non-hydrogen) atoms. The van der Waals surface area contributed by atoms with Crippen LogP contribution in [0, 0.1) is 13.8 Å². The fraction of sp³-hybridized carbons (Fsp3) is 0.263. The van der Waals surface area contributed by atoms with Crippen molar-refractivity contribution in [3.05, 3.63) is 64.7 Å². The number of carbonyl (C=O) groups excluding carboxylic acids is 2. The third-order valence-corrected chi connectivity index (χ3v) is 3.66. The Morgan fingerprint density at radius 1 is 0.913 bits per heavy atom. The second-order valence-corrected chi connectivity index (χ2v) is 5.91. The smallest absolute Gasteiger partial charge is 0.255 e. The summed E-state index contributed by atoms with van der Waals surface area (Å²) in [6.45, 7) is 7.77. The van der Waals surface area contributed by atoms with E-state index in [2.05, 4.69) is 10.6 Å². The van der Waals surface area contributed by atoms with Crippen LogP contribution in [-0.4, -0.2) is 17.9 Å². The Labute approximate surface area is 136 Å². The van der Waals surface area contributed by atoms with Crippen molar-refractivity contribution in [2.24, 2.45) is 0 Å². The number of anilines is 1. The normalized spacial score (nSPS) is 10.5. The van der Waals surface area contributed by atoms with Crippen LogP contribution in [0.15, 0.2) is 42.5 Å². The summed E-state index contributed by atoms with van der Waals surface area (Å²) in [5, 5.41) is 5.72. The Kier molecular flexibility index (Phi) is 5.16. The lowest BCUT2D eigenvalue weighted by atomic mass is 10.1. The number of carbonyl (C=O) groups is 2. The number of rotatable bonds is 4. The summed E-state index contributed by atoms with van der Waals surface area (Å²) in [6.07, 6.45) is 0. The predicted octanol–water partition coefficient (Wildman–Crippen LogP) is 3.69. The SMILES string of the molecule is Cc1cccc(NC(=O)c2cccc(C(=O)NC(C)C)c2)c1C. The molecule has 2 rings (SSSR count). The molecular formula is C19H22N2O2. The van der Waals surface area contributed by atoms with Crippen molar-refractivity contribution in [2.45, 2.75) is 33.7 Å². The molecule has 120 valence electrons. The molecule has 0 radical (unpaired) electrons. The average Bonchev–Trinajstić information content (AvgIpc) is 2.51. The number of hydrogen-bond acceptors (Lipinski definition) is 2. The molecule has 2 N–H and O–H groups in total. The van der Waals surface area contributed by atoms with E-state index in [1.807, 2.05) is 45.9 Å². The molecule has 0 aliphatic rings. The van der Waals surface area contributed by atoms with E-state index in [0.29, 0.717) is 11.1 Å². The first kappa shape index (κ1) is 16.7. The summed E-state index contributed by atoms with van der Waals surface area (Å²) in [4.78, 5) is 24.5. The van der Waals surface area contributed by atoms with Gasteiger partial charge in [-0.15, -0.1) is 0 Å². The summed E-state index contributed by atoms with van der Waals surface area (Å²) >= 11 is 0. The molecule has 0 spiro atoms. The quantitative estimate of drug-likeness (QED) is 0.904. The largest absolute Gasteiger partial charge is 0.350 e. The summed E-state index contributed by atoms with van der Waals surface area (Å²) in [7, 11) is 0. The van der Waals surface area contributed by atoms with Gasteiger partial charge in [-0.25, -0.2) is 0 Å². The zero-order valence-electron chi connectivity index (χ0n) is 13.9. The van der Waals surface area contributed by atoms with E-state index in [1.54, 1.807) is 24.3 Å². The van der Waals surface area contributed by atoms with Crippen LogP contribution in [0.4, 0.5) is 5.69 Å². The summed E-state index contributed by atoms with van der Waals surface area (Å²) in [5.74, 6) is -0.403. The van der Waals surface area contributed by atoms with Crippen molar-refractivity contribution in [1.82, 2.24) is 5.32 Å². The molecule has 0 aliphatic heterocycles. The molecule has 0 unspecified atom stereocenters.